The average molecular weight is 336 g/mol. The summed E-state index contributed by atoms with van der Waals surface area (Å²) in [5, 5.41) is 17.9. The molecule has 2 aromatic carbocycles. The Hall–Kier alpha value is -2.39. The van der Waals surface area contributed by atoms with Crippen molar-refractivity contribution in [2.45, 2.75) is 0 Å². The highest BCUT2D eigenvalue weighted by molar-refractivity contribution is 9.10. The van der Waals surface area contributed by atoms with Crippen molar-refractivity contribution in [3.63, 3.8) is 0 Å². The highest BCUT2D eigenvalue weighted by atomic mass is 79.9. The molecule has 0 heterocycles. The van der Waals surface area contributed by atoms with E-state index in [9.17, 15) is 9.18 Å². The van der Waals surface area contributed by atoms with Crippen LogP contribution in [-0.2, 0) is 0 Å². The van der Waals surface area contributed by atoms with Crippen LogP contribution in [0.15, 0.2) is 40.9 Å². The van der Waals surface area contributed by atoms with E-state index >= 15 is 0 Å². The van der Waals surface area contributed by atoms with Crippen LogP contribution in [0.1, 0.15) is 15.9 Å². The van der Waals surface area contributed by atoms with E-state index in [2.05, 4.69) is 15.9 Å². The zero-order chi connectivity index (χ0) is 14.7. The van der Waals surface area contributed by atoms with Crippen molar-refractivity contribution in [1.29, 1.82) is 5.26 Å². The van der Waals surface area contributed by atoms with Crippen molar-refractivity contribution in [2.75, 3.05) is 0 Å². The largest absolute Gasteiger partial charge is 0.478 e. The van der Waals surface area contributed by atoms with Gasteiger partial charge in [0.05, 0.1) is 15.6 Å². The van der Waals surface area contributed by atoms with E-state index in [4.69, 9.17) is 15.1 Å². The summed E-state index contributed by atoms with van der Waals surface area (Å²) in [4.78, 5) is 10.8. The number of benzene rings is 2. The molecule has 0 unspecified atom stereocenters. The molecule has 0 amide bonds. The molecule has 0 aliphatic carbocycles. The molecular weight excluding hydrogens is 329 g/mol. The smallest absolute Gasteiger partial charge is 0.335 e. The SMILES string of the molecule is N#Cc1cc(C(=O)O)ccc1Oc1ccc(F)c(Br)c1. The quantitative estimate of drug-likeness (QED) is 0.921. The Morgan fingerprint density at radius 2 is 2.05 bits per heavy atom. The Morgan fingerprint density at radius 1 is 1.30 bits per heavy atom. The van der Waals surface area contributed by atoms with Crippen molar-refractivity contribution in [2.24, 2.45) is 0 Å². The van der Waals surface area contributed by atoms with Gasteiger partial charge in [0.1, 0.15) is 23.4 Å². The van der Waals surface area contributed by atoms with Gasteiger partial charge in [0, 0.05) is 0 Å². The molecule has 100 valence electrons. The fraction of sp³-hybridized carbons (Fsp3) is 0. The minimum absolute atomic E-state index is 0.00538. The van der Waals surface area contributed by atoms with Crippen LogP contribution in [0, 0.1) is 17.1 Å². The summed E-state index contributed by atoms with van der Waals surface area (Å²) in [6.45, 7) is 0. The number of carboxylic acids is 1. The lowest BCUT2D eigenvalue weighted by molar-refractivity contribution is 0.0697. The number of hydrogen-bond acceptors (Lipinski definition) is 3. The molecule has 0 radical (unpaired) electrons. The van der Waals surface area contributed by atoms with Crippen LogP contribution in [-0.4, -0.2) is 11.1 Å². The maximum atomic E-state index is 13.1. The number of nitrogens with zero attached hydrogens (tertiary/aromatic N) is 1. The number of nitriles is 1. The highest BCUT2D eigenvalue weighted by Crippen LogP contribution is 2.29. The number of aromatic carboxylic acids is 1. The van der Waals surface area contributed by atoms with Gasteiger partial charge in [-0.25, -0.2) is 9.18 Å². The first kappa shape index (κ1) is 14.0. The molecule has 2 aromatic rings. The van der Waals surface area contributed by atoms with Gasteiger partial charge in [-0.2, -0.15) is 5.26 Å². The van der Waals surface area contributed by atoms with E-state index in [-0.39, 0.29) is 21.3 Å². The van der Waals surface area contributed by atoms with Crippen molar-refractivity contribution >= 4 is 21.9 Å². The lowest BCUT2D eigenvalue weighted by Crippen LogP contribution is -1.98. The molecule has 0 atom stereocenters. The van der Waals surface area contributed by atoms with Gasteiger partial charge in [-0.05, 0) is 52.3 Å². The second-order valence-electron chi connectivity index (χ2n) is 3.81. The molecule has 20 heavy (non-hydrogen) atoms. The zero-order valence-electron chi connectivity index (χ0n) is 9.93. The van der Waals surface area contributed by atoms with E-state index < -0.39 is 11.8 Å². The lowest BCUT2D eigenvalue weighted by atomic mass is 10.1. The Labute approximate surface area is 122 Å². The maximum Gasteiger partial charge on any atom is 0.335 e. The molecule has 0 fully saturated rings. The third-order valence-corrected chi connectivity index (χ3v) is 3.07. The normalized spacial score (nSPS) is 9.85. The van der Waals surface area contributed by atoms with E-state index in [1.807, 2.05) is 6.07 Å². The molecule has 0 saturated carbocycles. The number of carbonyl (C=O) groups is 1. The molecule has 0 aliphatic heterocycles. The standard InChI is InChI=1S/C14H7BrFNO3/c15-11-6-10(2-3-12(11)16)20-13-4-1-8(14(18)19)5-9(13)7-17/h1-6H,(H,18,19). The summed E-state index contributed by atoms with van der Waals surface area (Å²) in [7, 11) is 0. The number of ether oxygens (including phenoxy) is 1. The predicted molar refractivity (Wildman–Crippen MR) is 72.3 cm³/mol. The Balaban J connectivity index is 2.36. The van der Waals surface area contributed by atoms with Crippen LogP contribution in [0.25, 0.3) is 0 Å². The summed E-state index contributed by atoms with van der Waals surface area (Å²) < 4.78 is 18.8. The van der Waals surface area contributed by atoms with Gasteiger partial charge in [-0.3, -0.25) is 0 Å². The van der Waals surface area contributed by atoms with Crippen molar-refractivity contribution in [3.05, 3.63) is 57.8 Å². The summed E-state index contributed by atoms with van der Waals surface area (Å²) in [5.41, 5.74) is 0.0829. The van der Waals surface area contributed by atoms with E-state index in [1.165, 1.54) is 36.4 Å². The fourth-order valence-electron chi connectivity index (χ4n) is 1.51. The lowest BCUT2D eigenvalue weighted by Gasteiger charge is -2.08. The summed E-state index contributed by atoms with van der Waals surface area (Å²) in [6.07, 6.45) is 0. The summed E-state index contributed by atoms with van der Waals surface area (Å²) >= 11 is 3.03. The Kier molecular flexibility index (Phi) is 4.01. The van der Waals surface area contributed by atoms with Crippen molar-refractivity contribution < 1.29 is 19.0 Å². The zero-order valence-corrected chi connectivity index (χ0v) is 11.5. The van der Waals surface area contributed by atoms with E-state index in [0.29, 0.717) is 5.75 Å². The van der Waals surface area contributed by atoms with Gasteiger partial charge < -0.3 is 9.84 Å². The van der Waals surface area contributed by atoms with Crippen LogP contribution in [0.4, 0.5) is 4.39 Å². The first-order chi connectivity index (χ1) is 9.51. The molecule has 0 saturated heterocycles. The fourth-order valence-corrected chi connectivity index (χ4v) is 1.86. The van der Waals surface area contributed by atoms with Crippen molar-refractivity contribution in [3.8, 4) is 17.6 Å². The summed E-state index contributed by atoms with van der Waals surface area (Å²) in [6, 6.07) is 9.85. The second-order valence-corrected chi connectivity index (χ2v) is 4.66. The third kappa shape index (κ3) is 2.95. The number of halogens is 2. The van der Waals surface area contributed by atoms with Crippen LogP contribution in [0.3, 0.4) is 0 Å². The molecule has 0 aromatic heterocycles. The van der Waals surface area contributed by atoms with Gasteiger partial charge in [0.25, 0.3) is 0 Å². The molecule has 6 heteroatoms. The number of hydrogen-bond donors (Lipinski definition) is 1. The molecule has 0 bridgehead atoms. The average Bonchev–Trinajstić information content (AvgIpc) is 2.43. The predicted octanol–water partition coefficient (Wildman–Crippen LogP) is 3.95. The van der Waals surface area contributed by atoms with Crippen LogP contribution >= 0.6 is 15.9 Å². The first-order valence-corrected chi connectivity index (χ1v) is 6.21. The van der Waals surface area contributed by atoms with Gasteiger partial charge in [0.15, 0.2) is 0 Å². The molecular formula is C14H7BrFNO3. The second kappa shape index (κ2) is 5.72. The summed E-state index contributed by atoms with van der Waals surface area (Å²) in [5.74, 6) is -1.02. The van der Waals surface area contributed by atoms with Crippen molar-refractivity contribution in [1.82, 2.24) is 0 Å². The highest BCUT2D eigenvalue weighted by Gasteiger charge is 2.10. The van der Waals surface area contributed by atoms with Crippen LogP contribution < -0.4 is 4.74 Å². The van der Waals surface area contributed by atoms with Gasteiger partial charge in [0.2, 0.25) is 0 Å². The molecule has 0 aliphatic rings. The van der Waals surface area contributed by atoms with Gasteiger partial charge in [-0.1, -0.05) is 0 Å². The minimum atomic E-state index is -1.13. The maximum absolute atomic E-state index is 13.1. The monoisotopic (exact) mass is 335 g/mol. The molecule has 4 nitrogen and oxygen atoms in total. The Bertz CT molecular complexity index is 725. The van der Waals surface area contributed by atoms with Gasteiger partial charge in [-0.15, -0.1) is 0 Å². The topological polar surface area (TPSA) is 70.3 Å². The first-order valence-electron chi connectivity index (χ1n) is 5.41. The van der Waals surface area contributed by atoms with Crippen LogP contribution in [0.2, 0.25) is 0 Å². The molecule has 2 rings (SSSR count). The number of carboxylic acid groups (broad SMARTS) is 1. The van der Waals surface area contributed by atoms with Gasteiger partial charge >= 0.3 is 5.97 Å². The van der Waals surface area contributed by atoms with Crippen LogP contribution in [0.5, 0.6) is 11.5 Å². The number of rotatable bonds is 3. The van der Waals surface area contributed by atoms with E-state index in [0.717, 1.165) is 0 Å². The Morgan fingerprint density at radius 3 is 2.65 bits per heavy atom. The third-order valence-electron chi connectivity index (χ3n) is 2.47. The molecule has 0 spiro atoms. The molecule has 1 N–H and O–H groups in total. The minimum Gasteiger partial charge on any atom is -0.478 e. The van der Waals surface area contributed by atoms with E-state index in [1.54, 1.807) is 0 Å².